The van der Waals surface area contributed by atoms with Crippen molar-refractivity contribution in [3.05, 3.63) is 34.3 Å². The number of nitrogens with two attached hydrogens (primary N) is 1. The molecule has 2 aromatic rings. The first-order valence-corrected chi connectivity index (χ1v) is 5.94. The highest BCUT2D eigenvalue weighted by Crippen LogP contribution is 2.28. The molecule has 0 spiro atoms. The van der Waals surface area contributed by atoms with Crippen LogP contribution in [0.3, 0.4) is 0 Å². The lowest BCUT2D eigenvalue weighted by atomic mass is 10.1. The van der Waals surface area contributed by atoms with E-state index in [0.29, 0.717) is 22.5 Å². The number of carbonyl (C=O) groups is 1. The molecule has 0 unspecified atom stereocenters. The molecule has 108 valence electrons. The quantitative estimate of drug-likeness (QED) is 0.881. The largest absolute Gasteiger partial charge is 0.480 e. The number of fused-ring (bicyclic) bond motifs is 1. The number of nitrogens with zero attached hydrogens (tertiary/aromatic N) is 1. The van der Waals surface area contributed by atoms with Crippen LogP contribution in [0, 0.1) is 0 Å². The second-order valence-electron chi connectivity index (χ2n) is 3.88. The molecule has 20 heavy (non-hydrogen) atoms. The maximum Gasteiger partial charge on any atom is 0.343 e. The molecule has 0 saturated heterocycles. The van der Waals surface area contributed by atoms with Crippen molar-refractivity contribution in [2.24, 2.45) is 5.73 Å². The zero-order chi connectivity index (χ0) is 14.0. The van der Waals surface area contributed by atoms with Gasteiger partial charge in [-0.1, -0.05) is 11.6 Å². The summed E-state index contributed by atoms with van der Waals surface area (Å²) in [6.07, 6.45) is 0. The van der Waals surface area contributed by atoms with E-state index in [1.807, 2.05) is 0 Å². The summed E-state index contributed by atoms with van der Waals surface area (Å²) in [6, 6.07) is 5.10. The first-order valence-electron chi connectivity index (χ1n) is 5.56. The number of pyridine rings is 1. The second kappa shape index (κ2) is 6.74. The Morgan fingerprint density at radius 2 is 2.05 bits per heavy atom. The molecule has 0 aliphatic heterocycles. The van der Waals surface area contributed by atoms with Crippen LogP contribution in [0.2, 0.25) is 5.02 Å². The van der Waals surface area contributed by atoms with Crippen LogP contribution in [0.15, 0.2) is 18.2 Å². The molecule has 5 nitrogen and oxygen atoms in total. The van der Waals surface area contributed by atoms with Crippen LogP contribution < -0.4 is 10.5 Å². The van der Waals surface area contributed by atoms with Gasteiger partial charge < -0.3 is 15.2 Å². The molecule has 0 aliphatic carbocycles. The molecule has 0 atom stereocenters. The minimum atomic E-state index is -0.513. The molecule has 0 amide bonds. The smallest absolute Gasteiger partial charge is 0.343 e. The fourth-order valence-corrected chi connectivity index (χ4v) is 2.12. The van der Waals surface area contributed by atoms with Gasteiger partial charge in [-0.3, -0.25) is 0 Å². The number of aromatic nitrogens is 1. The van der Waals surface area contributed by atoms with Gasteiger partial charge in [-0.2, -0.15) is 0 Å². The van der Waals surface area contributed by atoms with E-state index in [1.54, 1.807) is 18.2 Å². The molecule has 0 saturated carbocycles. The first kappa shape index (κ1) is 16.5. The molecule has 2 rings (SSSR count). The molecule has 1 heterocycles. The van der Waals surface area contributed by atoms with Crippen molar-refractivity contribution >= 4 is 40.9 Å². The predicted octanol–water partition coefficient (Wildman–Crippen LogP) is 2.56. The van der Waals surface area contributed by atoms with Gasteiger partial charge in [0.15, 0.2) is 0 Å². The zero-order valence-corrected chi connectivity index (χ0v) is 12.5. The summed E-state index contributed by atoms with van der Waals surface area (Å²) >= 11 is 6.01. The van der Waals surface area contributed by atoms with E-state index in [-0.39, 0.29) is 23.9 Å². The van der Waals surface area contributed by atoms with Crippen LogP contribution in [0.25, 0.3) is 10.9 Å². The summed E-state index contributed by atoms with van der Waals surface area (Å²) in [7, 11) is 2.74. The third kappa shape index (κ3) is 2.95. The van der Waals surface area contributed by atoms with Gasteiger partial charge >= 0.3 is 5.97 Å². The number of ether oxygens (including phenoxy) is 2. The summed E-state index contributed by atoms with van der Waals surface area (Å²) < 4.78 is 9.82. The van der Waals surface area contributed by atoms with Gasteiger partial charge in [0.1, 0.15) is 5.56 Å². The fourth-order valence-electron chi connectivity index (χ4n) is 1.87. The van der Waals surface area contributed by atoms with E-state index in [1.165, 1.54) is 14.2 Å². The molecule has 0 bridgehead atoms. The van der Waals surface area contributed by atoms with Crippen molar-refractivity contribution in [2.45, 2.75) is 6.54 Å². The van der Waals surface area contributed by atoms with Gasteiger partial charge in [-0.25, -0.2) is 9.78 Å². The van der Waals surface area contributed by atoms with Crippen molar-refractivity contribution in [3.8, 4) is 5.88 Å². The normalized spacial score (nSPS) is 10.0. The minimum absolute atomic E-state index is 0. The number of hydrogen-bond donors (Lipinski definition) is 1. The number of methoxy groups -OCH3 is 2. The van der Waals surface area contributed by atoms with E-state index in [2.05, 4.69) is 4.98 Å². The van der Waals surface area contributed by atoms with Crippen molar-refractivity contribution in [3.63, 3.8) is 0 Å². The van der Waals surface area contributed by atoms with Gasteiger partial charge in [0.25, 0.3) is 0 Å². The molecular formula is C13H14Cl2N2O3. The molecule has 2 N–H and O–H groups in total. The number of halogens is 2. The van der Waals surface area contributed by atoms with Crippen molar-refractivity contribution < 1.29 is 14.3 Å². The Labute approximate surface area is 127 Å². The average molecular weight is 317 g/mol. The highest BCUT2D eigenvalue weighted by Gasteiger charge is 2.17. The van der Waals surface area contributed by atoms with Crippen molar-refractivity contribution in [1.29, 1.82) is 0 Å². The van der Waals surface area contributed by atoms with E-state index in [0.717, 1.165) is 5.56 Å². The molecule has 1 aromatic carbocycles. The SMILES string of the molecule is COC(=O)c1cc2cc(Cl)cc(CN)c2nc1OC.Cl. The molecular weight excluding hydrogens is 303 g/mol. The van der Waals surface area contributed by atoms with Gasteiger partial charge in [0.05, 0.1) is 19.7 Å². The van der Waals surface area contributed by atoms with Crippen LogP contribution >= 0.6 is 24.0 Å². The predicted molar refractivity (Wildman–Crippen MR) is 79.8 cm³/mol. The first-order chi connectivity index (χ1) is 9.10. The van der Waals surface area contributed by atoms with Crippen LogP contribution in [-0.2, 0) is 11.3 Å². The summed E-state index contributed by atoms with van der Waals surface area (Å²) in [4.78, 5) is 16.0. The lowest BCUT2D eigenvalue weighted by Crippen LogP contribution is -2.07. The summed E-state index contributed by atoms with van der Waals surface area (Å²) in [5, 5.41) is 1.25. The number of esters is 1. The second-order valence-corrected chi connectivity index (χ2v) is 4.31. The highest BCUT2D eigenvalue weighted by molar-refractivity contribution is 6.31. The van der Waals surface area contributed by atoms with Gasteiger partial charge in [0.2, 0.25) is 5.88 Å². The number of hydrogen-bond acceptors (Lipinski definition) is 5. The fraction of sp³-hybridized carbons (Fsp3) is 0.231. The van der Waals surface area contributed by atoms with Gasteiger partial charge in [-0.05, 0) is 23.8 Å². The Bertz CT molecular complexity index is 647. The zero-order valence-electron chi connectivity index (χ0n) is 11.0. The maximum atomic E-state index is 11.7. The van der Waals surface area contributed by atoms with Gasteiger partial charge in [0, 0.05) is 17.0 Å². The van der Waals surface area contributed by atoms with E-state index < -0.39 is 5.97 Å². The standard InChI is InChI=1S/C13H13ClN2O3.ClH/c1-18-12-10(13(17)19-2)5-7-3-9(14)4-8(6-15)11(7)16-12;/h3-5H,6,15H2,1-2H3;1H. The Morgan fingerprint density at radius 3 is 2.60 bits per heavy atom. The lowest BCUT2D eigenvalue weighted by molar-refractivity contribution is 0.0596. The minimum Gasteiger partial charge on any atom is -0.480 e. The lowest BCUT2D eigenvalue weighted by Gasteiger charge is -2.10. The monoisotopic (exact) mass is 316 g/mol. The van der Waals surface area contributed by atoms with Gasteiger partial charge in [-0.15, -0.1) is 12.4 Å². The van der Waals surface area contributed by atoms with E-state index in [4.69, 9.17) is 26.8 Å². The average Bonchev–Trinajstić information content (AvgIpc) is 2.43. The van der Waals surface area contributed by atoms with Crippen LogP contribution in [0.1, 0.15) is 15.9 Å². The third-order valence-corrected chi connectivity index (χ3v) is 2.96. The summed E-state index contributed by atoms with van der Waals surface area (Å²) in [5.41, 5.74) is 7.37. The molecule has 7 heteroatoms. The van der Waals surface area contributed by atoms with E-state index >= 15 is 0 Å². The number of benzene rings is 1. The Hall–Kier alpha value is -1.56. The Kier molecular flexibility index (Phi) is 5.56. The highest BCUT2D eigenvalue weighted by atomic mass is 35.5. The van der Waals surface area contributed by atoms with Crippen molar-refractivity contribution in [1.82, 2.24) is 4.98 Å². The molecule has 0 fully saturated rings. The number of carbonyl (C=O) groups excluding carboxylic acids is 1. The third-order valence-electron chi connectivity index (χ3n) is 2.75. The van der Waals surface area contributed by atoms with E-state index in [9.17, 15) is 4.79 Å². The summed E-state index contributed by atoms with van der Waals surface area (Å²) in [6.45, 7) is 0.296. The molecule has 0 radical (unpaired) electrons. The molecule has 1 aromatic heterocycles. The Morgan fingerprint density at radius 1 is 1.35 bits per heavy atom. The number of rotatable bonds is 3. The Balaban J connectivity index is 0.00000200. The maximum absolute atomic E-state index is 11.7. The van der Waals surface area contributed by atoms with Crippen LogP contribution in [0.4, 0.5) is 0 Å². The molecule has 0 aliphatic rings. The van der Waals surface area contributed by atoms with Crippen LogP contribution in [0.5, 0.6) is 5.88 Å². The summed E-state index contributed by atoms with van der Waals surface area (Å²) in [5.74, 6) is -0.308. The van der Waals surface area contributed by atoms with Crippen LogP contribution in [-0.4, -0.2) is 25.2 Å². The van der Waals surface area contributed by atoms with Crippen molar-refractivity contribution in [2.75, 3.05) is 14.2 Å². The topological polar surface area (TPSA) is 74.4 Å².